The summed E-state index contributed by atoms with van der Waals surface area (Å²) in [5, 5.41) is 15.0. The van der Waals surface area contributed by atoms with Crippen molar-refractivity contribution in [2.24, 2.45) is 4.99 Å². The molecule has 0 saturated carbocycles. The number of rotatable bonds is 6. The Morgan fingerprint density at radius 2 is 1.75 bits per heavy atom. The zero-order valence-corrected chi connectivity index (χ0v) is 19.2. The number of hydrogen-bond acceptors (Lipinski definition) is 5. The number of carbonyl (C=O) groups excluding carboxylic acids is 2. The maximum absolute atomic E-state index is 13.0. The van der Waals surface area contributed by atoms with E-state index in [1.165, 1.54) is 0 Å². The Kier molecular flexibility index (Phi) is 6.33. The highest BCUT2D eigenvalue weighted by Crippen LogP contribution is 2.37. The molecule has 1 aromatic heterocycles. The van der Waals surface area contributed by atoms with Crippen LogP contribution in [-0.2, 0) is 16.0 Å². The molecule has 0 radical (unpaired) electrons. The van der Waals surface area contributed by atoms with Crippen molar-refractivity contribution in [3.05, 3.63) is 120 Å². The van der Waals surface area contributed by atoms with Crippen LogP contribution in [0.25, 0.3) is 0 Å². The number of hydrogen-bond donors (Lipinski definition) is 2. The molecule has 36 heavy (non-hydrogen) atoms. The largest absolute Gasteiger partial charge is 0.326 e. The minimum Gasteiger partial charge on any atom is -0.326 e. The lowest BCUT2D eigenvalue weighted by Crippen LogP contribution is -2.21. The van der Waals surface area contributed by atoms with E-state index in [2.05, 4.69) is 21.7 Å². The summed E-state index contributed by atoms with van der Waals surface area (Å²) in [6.07, 6.45) is 3.57. The number of carbonyl (C=O) groups is 2. The topological polar surface area (TPSA) is 107 Å². The summed E-state index contributed by atoms with van der Waals surface area (Å²) in [6.45, 7) is 0. The molecule has 7 heteroatoms. The Morgan fingerprint density at radius 3 is 2.47 bits per heavy atom. The van der Waals surface area contributed by atoms with Gasteiger partial charge in [-0.25, -0.2) is 0 Å². The molecule has 2 N–H and O–H groups in total. The van der Waals surface area contributed by atoms with Gasteiger partial charge in [-0.3, -0.25) is 19.6 Å². The monoisotopic (exact) mass is 471 g/mol. The Hall–Kier alpha value is -5.09. The summed E-state index contributed by atoms with van der Waals surface area (Å²) in [6, 6.07) is 27.6. The number of pyridine rings is 1. The van der Waals surface area contributed by atoms with Crippen molar-refractivity contribution < 1.29 is 9.59 Å². The molecular formula is C29H21N5O2. The van der Waals surface area contributed by atoms with Crippen LogP contribution >= 0.6 is 0 Å². The van der Waals surface area contributed by atoms with Gasteiger partial charge in [-0.05, 0) is 65.2 Å². The molecule has 0 spiro atoms. The molecule has 2 heterocycles. The zero-order chi connectivity index (χ0) is 24.9. The fourth-order valence-electron chi connectivity index (χ4n) is 4.16. The van der Waals surface area contributed by atoms with Crippen molar-refractivity contribution in [1.29, 1.82) is 5.26 Å². The first-order chi connectivity index (χ1) is 17.6. The zero-order valence-electron chi connectivity index (χ0n) is 19.2. The van der Waals surface area contributed by atoms with E-state index in [-0.39, 0.29) is 18.2 Å². The molecule has 0 bridgehead atoms. The maximum atomic E-state index is 13.0. The van der Waals surface area contributed by atoms with Gasteiger partial charge in [-0.15, -0.1) is 0 Å². The summed E-state index contributed by atoms with van der Waals surface area (Å²) in [5.41, 5.74) is 5.50. The number of fused-ring (bicyclic) bond motifs is 1. The second-order valence-corrected chi connectivity index (χ2v) is 8.33. The Balaban J connectivity index is 1.43. The second kappa shape index (κ2) is 10.0. The van der Waals surface area contributed by atoms with E-state index in [9.17, 15) is 14.9 Å². The highest BCUT2D eigenvalue weighted by atomic mass is 16.2. The van der Waals surface area contributed by atoms with Crippen LogP contribution in [0.2, 0.25) is 0 Å². The SMILES string of the molecule is N#Cc1ccc2c(c1)NC(=O)C2C(=Nc1ccc(NC(=O)Cc2ccncc2)cc1)c1ccccc1. The third-order valence-corrected chi connectivity index (χ3v) is 5.87. The fraction of sp³-hybridized carbons (Fsp3) is 0.0690. The maximum Gasteiger partial charge on any atom is 0.238 e. The standard InChI is InChI=1S/C29H21N5O2/c30-18-20-6-11-24-25(16-20)34-29(36)27(24)28(21-4-2-1-3-5-21)33-23-9-7-22(8-10-23)32-26(35)17-19-12-14-31-15-13-19/h1-16,27H,17H2,(H,32,35)(H,34,36). The lowest BCUT2D eigenvalue weighted by Gasteiger charge is -2.14. The average molecular weight is 472 g/mol. The summed E-state index contributed by atoms with van der Waals surface area (Å²) in [4.78, 5) is 34.2. The molecule has 174 valence electrons. The van der Waals surface area contributed by atoms with E-state index in [1.54, 1.807) is 67.0 Å². The molecule has 3 aromatic carbocycles. The number of anilines is 2. The molecule has 7 nitrogen and oxygen atoms in total. The molecule has 1 unspecified atom stereocenters. The van der Waals surface area contributed by atoms with Crippen LogP contribution in [0.1, 0.15) is 28.2 Å². The first kappa shape index (κ1) is 22.7. The van der Waals surface area contributed by atoms with E-state index >= 15 is 0 Å². The van der Waals surface area contributed by atoms with E-state index in [1.807, 2.05) is 30.3 Å². The summed E-state index contributed by atoms with van der Waals surface area (Å²) < 4.78 is 0. The van der Waals surface area contributed by atoms with Crippen molar-refractivity contribution in [2.45, 2.75) is 12.3 Å². The molecular weight excluding hydrogens is 450 g/mol. The minimum absolute atomic E-state index is 0.126. The number of nitriles is 1. The first-order valence-corrected chi connectivity index (χ1v) is 11.4. The average Bonchev–Trinajstić information content (AvgIpc) is 3.23. The van der Waals surface area contributed by atoms with Crippen molar-refractivity contribution in [2.75, 3.05) is 10.6 Å². The van der Waals surface area contributed by atoms with Gasteiger partial charge in [0.15, 0.2) is 0 Å². The molecule has 1 aliphatic heterocycles. The predicted octanol–water partition coefficient (Wildman–Crippen LogP) is 4.99. The quantitative estimate of drug-likeness (QED) is 0.386. The molecule has 0 saturated heterocycles. The predicted molar refractivity (Wildman–Crippen MR) is 138 cm³/mol. The van der Waals surface area contributed by atoms with Gasteiger partial charge < -0.3 is 10.6 Å². The molecule has 2 amide bonds. The number of amides is 2. The van der Waals surface area contributed by atoms with E-state index in [4.69, 9.17) is 4.99 Å². The summed E-state index contributed by atoms with van der Waals surface area (Å²) >= 11 is 0. The van der Waals surface area contributed by atoms with Gasteiger partial charge in [0.05, 0.1) is 29.5 Å². The molecule has 4 aromatic rings. The van der Waals surface area contributed by atoms with Gasteiger partial charge in [-0.2, -0.15) is 5.26 Å². The molecule has 0 aliphatic carbocycles. The van der Waals surface area contributed by atoms with Crippen molar-refractivity contribution in [1.82, 2.24) is 4.98 Å². The summed E-state index contributed by atoms with van der Waals surface area (Å²) in [5.74, 6) is -0.934. The lowest BCUT2D eigenvalue weighted by molar-refractivity contribution is -0.116. The Labute approximate surface area is 208 Å². The second-order valence-electron chi connectivity index (χ2n) is 8.33. The minimum atomic E-state index is -0.616. The van der Waals surface area contributed by atoms with Crippen LogP contribution in [0.15, 0.2) is 102 Å². The van der Waals surface area contributed by atoms with Gasteiger partial charge in [0.1, 0.15) is 5.92 Å². The number of aromatic nitrogens is 1. The van der Waals surface area contributed by atoms with E-state index in [0.717, 1.165) is 16.7 Å². The van der Waals surface area contributed by atoms with Gasteiger partial charge in [0.2, 0.25) is 11.8 Å². The third kappa shape index (κ3) is 4.88. The number of aliphatic imine (C=N–C) groups is 1. The van der Waals surface area contributed by atoms with Crippen LogP contribution in [0.5, 0.6) is 0 Å². The van der Waals surface area contributed by atoms with E-state index < -0.39 is 5.92 Å². The molecule has 0 fully saturated rings. The number of nitrogens with one attached hydrogen (secondary N) is 2. The van der Waals surface area contributed by atoms with Gasteiger partial charge in [-0.1, -0.05) is 36.4 Å². The smallest absolute Gasteiger partial charge is 0.238 e. The number of nitrogens with zero attached hydrogens (tertiary/aromatic N) is 3. The Morgan fingerprint density at radius 1 is 1.00 bits per heavy atom. The fourth-order valence-corrected chi connectivity index (χ4v) is 4.16. The third-order valence-electron chi connectivity index (χ3n) is 5.87. The van der Waals surface area contributed by atoms with Gasteiger partial charge in [0.25, 0.3) is 0 Å². The van der Waals surface area contributed by atoms with Crippen LogP contribution in [-0.4, -0.2) is 22.5 Å². The van der Waals surface area contributed by atoms with Gasteiger partial charge >= 0.3 is 0 Å². The molecule has 1 aliphatic rings. The molecule has 1 atom stereocenters. The molecule has 5 rings (SSSR count). The van der Waals surface area contributed by atoms with Crippen molar-refractivity contribution >= 4 is 34.6 Å². The van der Waals surface area contributed by atoms with Crippen LogP contribution in [0.3, 0.4) is 0 Å². The van der Waals surface area contributed by atoms with Gasteiger partial charge in [0, 0.05) is 23.8 Å². The number of benzene rings is 3. The van der Waals surface area contributed by atoms with Crippen molar-refractivity contribution in [3.8, 4) is 6.07 Å². The van der Waals surface area contributed by atoms with Crippen LogP contribution < -0.4 is 10.6 Å². The van der Waals surface area contributed by atoms with Crippen LogP contribution in [0, 0.1) is 11.3 Å². The van der Waals surface area contributed by atoms with Crippen LogP contribution in [0.4, 0.5) is 17.1 Å². The normalized spacial score (nSPS) is 14.5. The first-order valence-electron chi connectivity index (χ1n) is 11.4. The van der Waals surface area contributed by atoms with E-state index in [0.29, 0.717) is 28.3 Å². The lowest BCUT2D eigenvalue weighted by atomic mass is 9.90. The Bertz CT molecular complexity index is 1490. The highest BCUT2D eigenvalue weighted by molar-refractivity contribution is 6.24. The van der Waals surface area contributed by atoms with Crippen molar-refractivity contribution in [3.63, 3.8) is 0 Å². The highest BCUT2D eigenvalue weighted by Gasteiger charge is 2.35. The summed E-state index contributed by atoms with van der Waals surface area (Å²) in [7, 11) is 0.